The molecule has 19 heavy (non-hydrogen) atoms. The molecule has 0 radical (unpaired) electrons. The van der Waals surface area contributed by atoms with Crippen molar-refractivity contribution in [3.8, 4) is 11.8 Å². The SMILES string of the molecule is CNCC(O)COc1c(I)cc(C#N)cc1[N+](=O)[O-]. The number of nitro groups is 1. The van der Waals surface area contributed by atoms with Crippen molar-refractivity contribution in [3.05, 3.63) is 31.4 Å². The van der Waals surface area contributed by atoms with Crippen LogP contribution >= 0.6 is 22.6 Å². The Labute approximate surface area is 123 Å². The van der Waals surface area contributed by atoms with Crippen molar-refractivity contribution < 1.29 is 14.8 Å². The van der Waals surface area contributed by atoms with Crippen molar-refractivity contribution in [1.29, 1.82) is 5.26 Å². The van der Waals surface area contributed by atoms with Gasteiger partial charge in [-0.2, -0.15) is 5.26 Å². The van der Waals surface area contributed by atoms with Crippen molar-refractivity contribution in [1.82, 2.24) is 5.32 Å². The molecule has 102 valence electrons. The lowest BCUT2D eigenvalue weighted by atomic mass is 10.2. The van der Waals surface area contributed by atoms with Gasteiger partial charge in [-0.25, -0.2) is 0 Å². The van der Waals surface area contributed by atoms with Crippen LogP contribution in [0, 0.1) is 25.0 Å². The molecular weight excluding hydrogens is 365 g/mol. The number of halogens is 1. The van der Waals surface area contributed by atoms with Crippen LogP contribution in [0.1, 0.15) is 5.56 Å². The van der Waals surface area contributed by atoms with E-state index in [1.165, 1.54) is 6.07 Å². The van der Waals surface area contributed by atoms with Crippen LogP contribution in [0.5, 0.6) is 5.75 Å². The first-order valence-electron chi connectivity index (χ1n) is 5.33. The number of benzene rings is 1. The predicted octanol–water partition coefficient (Wildman–Crippen LogP) is 1.03. The van der Waals surface area contributed by atoms with Gasteiger partial charge in [-0.1, -0.05) is 0 Å². The maximum absolute atomic E-state index is 11.0. The van der Waals surface area contributed by atoms with E-state index < -0.39 is 11.0 Å². The average molecular weight is 377 g/mol. The first kappa shape index (κ1) is 15.6. The Morgan fingerprint density at radius 2 is 2.37 bits per heavy atom. The third kappa shape index (κ3) is 4.30. The summed E-state index contributed by atoms with van der Waals surface area (Å²) in [6, 6.07) is 4.50. The summed E-state index contributed by atoms with van der Waals surface area (Å²) in [5.41, 5.74) is -0.0840. The molecule has 0 heterocycles. The van der Waals surface area contributed by atoms with Crippen LogP contribution < -0.4 is 10.1 Å². The van der Waals surface area contributed by atoms with Gasteiger partial charge in [0.1, 0.15) is 12.7 Å². The molecule has 1 atom stereocenters. The lowest BCUT2D eigenvalue weighted by Crippen LogP contribution is -2.29. The van der Waals surface area contributed by atoms with E-state index in [0.717, 1.165) is 6.07 Å². The van der Waals surface area contributed by atoms with Gasteiger partial charge in [0.2, 0.25) is 5.75 Å². The highest BCUT2D eigenvalue weighted by Gasteiger charge is 2.21. The minimum absolute atomic E-state index is 0.0659. The molecule has 0 amide bonds. The number of nitro benzene ring substituents is 1. The Morgan fingerprint density at radius 3 is 2.89 bits per heavy atom. The van der Waals surface area contributed by atoms with Gasteiger partial charge in [0.15, 0.2) is 0 Å². The number of likely N-dealkylation sites (N-methyl/N-ethyl adjacent to an activating group) is 1. The topological polar surface area (TPSA) is 108 Å². The first-order valence-corrected chi connectivity index (χ1v) is 6.41. The molecule has 1 rings (SSSR count). The van der Waals surface area contributed by atoms with Crippen molar-refractivity contribution in [3.63, 3.8) is 0 Å². The van der Waals surface area contributed by atoms with Crippen LogP contribution in [0.25, 0.3) is 0 Å². The number of hydrogen-bond acceptors (Lipinski definition) is 6. The number of nitriles is 1. The first-order chi connectivity index (χ1) is 8.99. The number of aliphatic hydroxyl groups excluding tert-OH is 1. The van der Waals surface area contributed by atoms with Gasteiger partial charge >= 0.3 is 5.69 Å². The largest absolute Gasteiger partial charge is 0.483 e. The van der Waals surface area contributed by atoms with Crippen LogP contribution in [-0.4, -0.2) is 36.3 Å². The van der Waals surface area contributed by atoms with E-state index >= 15 is 0 Å². The zero-order valence-corrected chi connectivity index (χ0v) is 12.2. The monoisotopic (exact) mass is 377 g/mol. The molecule has 0 aliphatic rings. The Balaban J connectivity index is 2.99. The number of aliphatic hydroxyl groups is 1. The smallest absolute Gasteiger partial charge is 0.313 e. The molecule has 2 N–H and O–H groups in total. The van der Waals surface area contributed by atoms with E-state index in [1.807, 2.05) is 28.7 Å². The van der Waals surface area contributed by atoms with Crippen molar-refractivity contribution in [2.24, 2.45) is 0 Å². The number of hydrogen-bond donors (Lipinski definition) is 2. The minimum Gasteiger partial charge on any atom is -0.483 e. The standard InChI is InChI=1S/C11H12IN3O4/c1-14-5-8(16)6-19-11-9(12)2-7(4-13)3-10(11)15(17)18/h2-3,8,14,16H,5-6H2,1H3. The third-order valence-electron chi connectivity index (χ3n) is 2.21. The van der Waals surface area contributed by atoms with E-state index in [1.54, 1.807) is 7.05 Å². The van der Waals surface area contributed by atoms with E-state index in [2.05, 4.69) is 5.32 Å². The maximum Gasteiger partial charge on any atom is 0.313 e. The zero-order chi connectivity index (χ0) is 14.4. The van der Waals surface area contributed by atoms with Gasteiger partial charge < -0.3 is 15.2 Å². The predicted molar refractivity (Wildman–Crippen MR) is 76.0 cm³/mol. The Hall–Kier alpha value is -1.44. The molecular formula is C11H12IN3O4. The summed E-state index contributed by atoms with van der Waals surface area (Å²) < 4.78 is 5.75. The fourth-order valence-electron chi connectivity index (χ4n) is 1.40. The van der Waals surface area contributed by atoms with Gasteiger partial charge in [0.05, 0.1) is 20.1 Å². The maximum atomic E-state index is 11.0. The summed E-state index contributed by atoms with van der Waals surface area (Å²) in [7, 11) is 1.68. The molecule has 0 aromatic heterocycles. The van der Waals surface area contributed by atoms with E-state index in [9.17, 15) is 15.2 Å². The molecule has 0 aliphatic carbocycles. The lowest BCUT2D eigenvalue weighted by Gasteiger charge is -2.13. The van der Waals surface area contributed by atoms with Crippen LogP contribution in [-0.2, 0) is 0 Å². The highest BCUT2D eigenvalue weighted by atomic mass is 127. The van der Waals surface area contributed by atoms with Crippen molar-refractivity contribution >= 4 is 28.3 Å². The molecule has 1 unspecified atom stereocenters. The number of nitrogens with one attached hydrogen (secondary N) is 1. The van der Waals surface area contributed by atoms with Gasteiger partial charge in [0, 0.05) is 12.6 Å². The number of ether oxygens (including phenoxy) is 1. The average Bonchev–Trinajstić information content (AvgIpc) is 2.36. The van der Waals surface area contributed by atoms with Crippen LogP contribution in [0.3, 0.4) is 0 Å². The van der Waals surface area contributed by atoms with Gasteiger partial charge in [-0.05, 0) is 35.7 Å². The van der Waals surface area contributed by atoms with Crippen molar-refractivity contribution in [2.75, 3.05) is 20.2 Å². The fraction of sp³-hybridized carbons (Fsp3) is 0.364. The number of rotatable bonds is 6. The Bertz CT molecular complexity index is 515. The Morgan fingerprint density at radius 1 is 1.68 bits per heavy atom. The summed E-state index contributed by atoms with van der Waals surface area (Å²) in [5, 5.41) is 32.0. The summed E-state index contributed by atoms with van der Waals surface area (Å²) in [6.45, 7) is 0.254. The highest BCUT2D eigenvalue weighted by molar-refractivity contribution is 14.1. The molecule has 0 saturated heterocycles. The lowest BCUT2D eigenvalue weighted by molar-refractivity contribution is -0.386. The van der Waals surface area contributed by atoms with Crippen LogP contribution in [0.15, 0.2) is 12.1 Å². The van der Waals surface area contributed by atoms with Crippen molar-refractivity contribution in [2.45, 2.75) is 6.10 Å². The third-order valence-corrected chi connectivity index (χ3v) is 3.01. The molecule has 0 bridgehead atoms. The summed E-state index contributed by atoms with van der Waals surface area (Å²) in [5.74, 6) is 0.0692. The zero-order valence-electron chi connectivity index (χ0n) is 10.1. The Kier molecular flexibility index (Phi) is 5.94. The number of nitrogens with zero attached hydrogens (tertiary/aromatic N) is 2. The van der Waals surface area contributed by atoms with Gasteiger partial charge in [0.25, 0.3) is 0 Å². The van der Waals surface area contributed by atoms with Gasteiger partial charge in [-0.15, -0.1) is 0 Å². The van der Waals surface area contributed by atoms with Gasteiger partial charge in [-0.3, -0.25) is 10.1 Å². The summed E-state index contributed by atoms with van der Waals surface area (Å²) >= 11 is 1.86. The molecule has 8 heteroatoms. The molecule has 1 aromatic rings. The molecule has 0 fully saturated rings. The highest BCUT2D eigenvalue weighted by Crippen LogP contribution is 2.33. The molecule has 1 aromatic carbocycles. The second kappa shape index (κ2) is 7.22. The normalized spacial score (nSPS) is 11.7. The second-order valence-electron chi connectivity index (χ2n) is 3.70. The minimum atomic E-state index is -0.768. The summed E-state index contributed by atoms with van der Waals surface area (Å²) in [4.78, 5) is 10.3. The molecule has 0 aliphatic heterocycles. The quantitative estimate of drug-likeness (QED) is 0.436. The van der Waals surface area contributed by atoms with Crippen LogP contribution in [0.4, 0.5) is 5.69 Å². The molecule has 0 saturated carbocycles. The van der Waals surface area contributed by atoms with E-state index in [-0.39, 0.29) is 23.6 Å². The summed E-state index contributed by atoms with van der Waals surface area (Å²) in [6.07, 6.45) is -0.768. The molecule has 7 nitrogen and oxygen atoms in total. The fourth-order valence-corrected chi connectivity index (χ4v) is 2.16. The second-order valence-corrected chi connectivity index (χ2v) is 4.86. The molecule has 0 spiro atoms. The van der Waals surface area contributed by atoms with E-state index in [0.29, 0.717) is 10.1 Å². The van der Waals surface area contributed by atoms with E-state index in [4.69, 9.17) is 10.00 Å². The van der Waals surface area contributed by atoms with Crippen LogP contribution in [0.2, 0.25) is 0 Å².